The van der Waals surface area contributed by atoms with Crippen molar-refractivity contribution in [2.75, 3.05) is 16.3 Å². The standard InChI is InChI=1S/C18H15Cl2N5O2S/c1-28(26,27)24-17-22-18-21-15(11-6-8-12(19)9-7-11)10-16(25(18)23-17)13-4-2-3-5-14(13)20/h2-10,16H,1H3,(H2,21,22,23,24)/t16-/m0/s1. The lowest BCUT2D eigenvalue weighted by molar-refractivity contribution is 0.603. The molecule has 2 aromatic carbocycles. The molecule has 144 valence electrons. The highest BCUT2D eigenvalue weighted by atomic mass is 35.5. The lowest BCUT2D eigenvalue weighted by Gasteiger charge is -2.24. The van der Waals surface area contributed by atoms with Gasteiger partial charge in [0.1, 0.15) is 6.04 Å². The van der Waals surface area contributed by atoms with Gasteiger partial charge >= 0.3 is 0 Å². The third-order valence-electron chi connectivity index (χ3n) is 4.12. The van der Waals surface area contributed by atoms with Crippen molar-refractivity contribution >= 4 is 50.8 Å². The summed E-state index contributed by atoms with van der Waals surface area (Å²) >= 11 is 12.4. The van der Waals surface area contributed by atoms with Gasteiger partial charge in [0.05, 0.1) is 6.26 Å². The van der Waals surface area contributed by atoms with Crippen LogP contribution in [0, 0.1) is 0 Å². The number of fused-ring (bicyclic) bond motifs is 1. The highest BCUT2D eigenvalue weighted by Crippen LogP contribution is 2.36. The zero-order valence-electron chi connectivity index (χ0n) is 14.6. The molecule has 1 aliphatic heterocycles. The Balaban J connectivity index is 1.83. The second-order valence-electron chi connectivity index (χ2n) is 6.26. The fourth-order valence-corrected chi connectivity index (χ4v) is 3.73. The third kappa shape index (κ3) is 3.84. The van der Waals surface area contributed by atoms with Gasteiger partial charge in [-0.15, -0.1) is 5.10 Å². The van der Waals surface area contributed by atoms with E-state index in [9.17, 15) is 8.42 Å². The van der Waals surface area contributed by atoms with Crippen LogP contribution in [0.25, 0.3) is 5.70 Å². The zero-order valence-corrected chi connectivity index (χ0v) is 16.9. The normalized spacial score (nSPS) is 16.1. The molecule has 4 rings (SSSR count). The van der Waals surface area contributed by atoms with E-state index in [-0.39, 0.29) is 12.0 Å². The van der Waals surface area contributed by atoms with Crippen LogP contribution in [0.15, 0.2) is 54.6 Å². The summed E-state index contributed by atoms with van der Waals surface area (Å²) in [6.07, 6.45) is 3.00. The largest absolute Gasteiger partial charge is 0.324 e. The van der Waals surface area contributed by atoms with E-state index in [1.54, 1.807) is 22.9 Å². The van der Waals surface area contributed by atoms with Gasteiger partial charge in [0.15, 0.2) is 0 Å². The first-order valence-corrected chi connectivity index (χ1v) is 10.9. The first-order valence-electron chi connectivity index (χ1n) is 8.24. The van der Waals surface area contributed by atoms with Crippen LogP contribution in [-0.4, -0.2) is 29.4 Å². The molecule has 0 saturated carbocycles. The minimum absolute atomic E-state index is 0.0205. The van der Waals surface area contributed by atoms with Gasteiger partial charge in [-0.25, -0.2) is 13.1 Å². The minimum Gasteiger partial charge on any atom is -0.324 e. The van der Waals surface area contributed by atoms with Gasteiger partial charge in [0.25, 0.3) is 5.95 Å². The van der Waals surface area contributed by atoms with Crippen LogP contribution in [-0.2, 0) is 10.0 Å². The Hall–Kier alpha value is -2.55. The molecular weight excluding hydrogens is 421 g/mol. The summed E-state index contributed by atoms with van der Waals surface area (Å²) in [7, 11) is -3.51. The van der Waals surface area contributed by atoms with E-state index < -0.39 is 10.0 Å². The fourth-order valence-electron chi connectivity index (χ4n) is 2.94. The zero-order chi connectivity index (χ0) is 19.9. The van der Waals surface area contributed by atoms with Gasteiger partial charge < -0.3 is 5.32 Å². The molecule has 1 atom stereocenters. The van der Waals surface area contributed by atoms with Crippen molar-refractivity contribution in [1.29, 1.82) is 0 Å². The smallest absolute Gasteiger partial charge is 0.257 e. The Morgan fingerprint density at radius 2 is 1.82 bits per heavy atom. The lowest BCUT2D eigenvalue weighted by atomic mass is 10.0. The van der Waals surface area contributed by atoms with E-state index in [4.69, 9.17) is 23.2 Å². The quantitative estimate of drug-likeness (QED) is 0.645. The number of anilines is 2. The molecule has 1 aromatic heterocycles. The van der Waals surface area contributed by atoms with Crippen LogP contribution in [0.1, 0.15) is 17.2 Å². The highest BCUT2D eigenvalue weighted by molar-refractivity contribution is 7.91. The first-order chi connectivity index (χ1) is 13.3. The maximum Gasteiger partial charge on any atom is 0.257 e. The average Bonchev–Trinajstić information content (AvgIpc) is 3.02. The molecule has 0 amide bonds. The number of hydrogen-bond donors (Lipinski definition) is 2. The number of hydrogen-bond acceptors (Lipinski definition) is 5. The van der Waals surface area contributed by atoms with Crippen molar-refractivity contribution in [2.24, 2.45) is 0 Å². The molecule has 0 bridgehead atoms. The lowest BCUT2D eigenvalue weighted by Crippen LogP contribution is -2.20. The maximum absolute atomic E-state index is 11.6. The van der Waals surface area contributed by atoms with Crippen molar-refractivity contribution < 1.29 is 8.42 Å². The van der Waals surface area contributed by atoms with Gasteiger partial charge in [-0.2, -0.15) is 4.98 Å². The highest BCUT2D eigenvalue weighted by Gasteiger charge is 2.27. The van der Waals surface area contributed by atoms with E-state index in [1.807, 2.05) is 36.4 Å². The van der Waals surface area contributed by atoms with Crippen molar-refractivity contribution in [2.45, 2.75) is 6.04 Å². The summed E-state index contributed by atoms with van der Waals surface area (Å²) in [5, 5.41) is 8.69. The van der Waals surface area contributed by atoms with E-state index in [0.29, 0.717) is 16.0 Å². The Labute approximate surface area is 172 Å². The minimum atomic E-state index is -3.51. The molecule has 0 radical (unpaired) electrons. The number of halogens is 2. The summed E-state index contributed by atoms with van der Waals surface area (Å²) in [5.41, 5.74) is 2.50. The SMILES string of the molecule is CS(=O)(=O)Nc1nc2n(n1)[C@H](c1ccccc1Cl)C=C(c1ccc(Cl)cc1)N2. The van der Waals surface area contributed by atoms with Crippen molar-refractivity contribution in [3.63, 3.8) is 0 Å². The fraction of sp³-hybridized carbons (Fsp3) is 0.111. The second-order valence-corrected chi connectivity index (χ2v) is 8.85. The predicted octanol–water partition coefficient (Wildman–Crippen LogP) is 4.01. The molecule has 10 heteroatoms. The van der Waals surface area contributed by atoms with Crippen LogP contribution in [0.2, 0.25) is 10.0 Å². The van der Waals surface area contributed by atoms with Gasteiger partial charge in [0.2, 0.25) is 16.0 Å². The number of aromatic nitrogens is 3. The summed E-state index contributed by atoms with van der Waals surface area (Å²) in [6, 6.07) is 14.4. The molecule has 0 saturated heterocycles. The summed E-state index contributed by atoms with van der Waals surface area (Å²) in [6.45, 7) is 0. The number of sulfonamides is 1. The van der Waals surface area contributed by atoms with E-state index in [2.05, 4.69) is 20.1 Å². The van der Waals surface area contributed by atoms with Gasteiger partial charge in [0, 0.05) is 15.7 Å². The molecule has 1 aliphatic rings. The molecule has 0 spiro atoms. The average molecular weight is 436 g/mol. The number of nitrogens with zero attached hydrogens (tertiary/aromatic N) is 3. The topological polar surface area (TPSA) is 88.9 Å². The van der Waals surface area contributed by atoms with Crippen LogP contribution in [0.3, 0.4) is 0 Å². The van der Waals surface area contributed by atoms with Crippen molar-refractivity contribution in [3.8, 4) is 0 Å². The van der Waals surface area contributed by atoms with Gasteiger partial charge in [-0.3, -0.25) is 4.72 Å². The Bertz CT molecular complexity index is 1170. The van der Waals surface area contributed by atoms with Crippen LogP contribution in [0.5, 0.6) is 0 Å². The number of benzene rings is 2. The summed E-state index contributed by atoms with van der Waals surface area (Å²) in [5.74, 6) is 0.372. The van der Waals surface area contributed by atoms with Crippen molar-refractivity contribution in [3.05, 3.63) is 75.8 Å². The van der Waals surface area contributed by atoms with Crippen LogP contribution in [0.4, 0.5) is 11.9 Å². The molecular formula is C18H15Cl2N5O2S. The molecule has 0 unspecified atom stereocenters. The maximum atomic E-state index is 11.6. The van der Waals surface area contributed by atoms with E-state index in [0.717, 1.165) is 23.1 Å². The van der Waals surface area contributed by atoms with Crippen LogP contribution >= 0.6 is 23.2 Å². The van der Waals surface area contributed by atoms with Crippen LogP contribution < -0.4 is 10.0 Å². The molecule has 28 heavy (non-hydrogen) atoms. The van der Waals surface area contributed by atoms with Gasteiger partial charge in [-0.05, 0) is 35.4 Å². The summed E-state index contributed by atoms with van der Waals surface area (Å²) < 4.78 is 27.0. The monoisotopic (exact) mass is 435 g/mol. The Morgan fingerprint density at radius 1 is 1.11 bits per heavy atom. The van der Waals surface area contributed by atoms with Gasteiger partial charge in [-0.1, -0.05) is 53.5 Å². The predicted molar refractivity (Wildman–Crippen MR) is 111 cm³/mol. The Kier molecular flexibility index (Phi) is 4.78. The van der Waals surface area contributed by atoms with E-state index in [1.165, 1.54) is 0 Å². The molecule has 0 fully saturated rings. The molecule has 3 aromatic rings. The first kappa shape index (κ1) is 18.8. The Morgan fingerprint density at radius 3 is 2.50 bits per heavy atom. The molecule has 2 N–H and O–H groups in total. The van der Waals surface area contributed by atoms with Crippen molar-refractivity contribution in [1.82, 2.24) is 14.8 Å². The van der Waals surface area contributed by atoms with E-state index >= 15 is 0 Å². The number of allylic oxidation sites excluding steroid dienone is 1. The molecule has 7 nitrogen and oxygen atoms in total. The molecule has 0 aliphatic carbocycles. The number of nitrogens with one attached hydrogen (secondary N) is 2. The molecule has 2 heterocycles. The number of rotatable bonds is 4. The third-order valence-corrected chi connectivity index (χ3v) is 5.27. The summed E-state index contributed by atoms with van der Waals surface area (Å²) in [4.78, 5) is 4.28. The second kappa shape index (κ2) is 7.12.